The highest BCUT2D eigenvalue weighted by Gasteiger charge is 2.14. The predicted octanol–water partition coefficient (Wildman–Crippen LogP) is 14.3. The molecule has 0 aliphatic heterocycles. The van der Waals surface area contributed by atoms with Gasteiger partial charge in [-0.2, -0.15) is 0 Å². The Balaban J connectivity index is 1.03. The Morgan fingerprint density at radius 2 is 0.854 bits per heavy atom. The second-order valence-corrected chi connectivity index (χ2v) is 13.8. The zero-order chi connectivity index (χ0) is 32.0. The van der Waals surface area contributed by atoms with Gasteiger partial charge in [0.2, 0.25) is 0 Å². The average Bonchev–Trinajstić information content (AvgIpc) is 3.64. The SMILES string of the molecule is CCCCCCCCCCc1ccc2cc3c(cc2c1)oc1cc2cc4c(cc2cc13)oc1cc2cc(-c3ccccc3)ccc2cc14. The Kier molecular flexibility index (Phi) is 7.38. The van der Waals surface area contributed by atoms with Crippen LogP contribution in [0.3, 0.4) is 0 Å². The molecule has 0 aliphatic rings. The molecule has 0 spiro atoms. The standard InChI is InChI=1S/C46H40O2/c1-2-3-4-5-6-7-8-10-13-30-16-17-33-22-39-41-24-37-29-46-42(25-38(37)28-45(41)47-43(39)26-35(33)20-30)40-23-34-19-18-32(31-14-11-9-12-15-31)21-36(34)27-44(40)48-46/h9,11-12,14-29H,2-8,10,13H2,1H3. The van der Waals surface area contributed by atoms with Crippen molar-refractivity contribution in [2.45, 2.75) is 64.7 Å². The van der Waals surface area contributed by atoms with Crippen LogP contribution in [0, 0.1) is 0 Å². The fourth-order valence-electron chi connectivity index (χ4n) is 7.76. The van der Waals surface area contributed by atoms with Crippen molar-refractivity contribution < 1.29 is 8.83 Å². The van der Waals surface area contributed by atoms with Gasteiger partial charge in [0.25, 0.3) is 0 Å². The number of aryl methyl sites for hydroxylation is 1. The molecule has 48 heavy (non-hydrogen) atoms. The van der Waals surface area contributed by atoms with Gasteiger partial charge in [-0.15, -0.1) is 0 Å². The lowest BCUT2D eigenvalue weighted by atomic mass is 9.98. The maximum atomic E-state index is 6.52. The van der Waals surface area contributed by atoms with Crippen LogP contribution in [-0.4, -0.2) is 0 Å². The Labute approximate surface area is 280 Å². The Morgan fingerprint density at radius 3 is 1.44 bits per heavy atom. The second-order valence-electron chi connectivity index (χ2n) is 13.8. The summed E-state index contributed by atoms with van der Waals surface area (Å²) in [5.41, 5.74) is 7.57. The molecule has 0 unspecified atom stereocenters. The molecular weight excluding hydrogens is 585 g/mol. The molecule has 2 heteroatoms. The minimum atomic E-state index is 0.915. The third-order valence-electron chi connectivity index (χ3n) is 10.4. The molecule has 2 aromatic heterocycles. The van der Waals surface area contributed by atoms with Gasteiger partial charge in [-0.3, -0.25) is 0 Å². The Morgan fingerprint density at radius 1 is 0.375 bits per heavy atom. The fraction of sp³-hybridized carbons (Fsp3) is 0.217. The van der Waals surface area contributed by atoms with Gasteiger partial charge in [-0.05, 0) is 116 Å². The average molecular weight is 625 g/mol. The van der Waals surface area contributed by atoms with Gasteiger partial charge in [0.15, 0.2) is 0 Å². The lowest BCUT2D eigenvalue weighted by molar-refractivity contribution is 0.575. The molecule has 0 atom stereocenters. The molecule has 0 aliphatic carbocycles. The summed E-state index contributed by atoms with van der Waals surface area (Å²) in [6.45, 7) is 2.28. The number of fused-ring (bicyclic) bond motifs is 9. The lowest BCUT2D eigenvalue weighted by Crippen LogP contribution is -1.87. The zero-order valence-corrected chi connectivity index (χ0v) is 27.7. The van der Waals surface area contributed by atoms with Gasteiger partial charge in [-0.25, -0.2) is 0 Å². The normalized spacial score (nSPS) is 12.2. The van der Waals surface area contributed by atoms with Gasteiger partial charge in [0.1, 0.15) is 22.3 Å². The molecule has 0 fully saturated rings. The van der Waals surface area contributed by atoms with E-state index in [1.165, 1.54) is 95.0 Å². The number of rotatable bonds is 10. The highest BCUT2D eigenvalue weighted by atomic mass is 16.3. The first-order chi connectivity index (χ1) is 23.7. The Hall–Kier alpha value is -5.08. The Bertz CT molecular complexity index is 2600. The van der Waals surface area contributed by atoms with E-state index in [1.807, 2.05) is 0 Å². The summed E-state index contributed by atoms with van der Waals surface area (Å²) in [5, 5.41) is 11.8. The number of benzene rings is 7. The summed E-state index contributed by atoms with van der Waals surface area (Å²) in [4.78, 5) is 0. The molecule has 7 aromatic carbocycles. The number of furan rings is 2. The topological polar surface area (TPSA) is 26.3 Å². The van der Waals surface area contributed by atoms with Crippen LogP contribution < -0.4 is 0 Å². The summed E-state index contributed by atoms with van der Waals surface area (Å²) in [5.74, 6) is 0. The molecule has 2 heterocycles. The summed E-state index contributed by atoms with van der Waals surface area (Å²) in [7, 11) is 0. The van der Waals surface area contributed by atoms with Gasteiger partial charge in [0, 0.05) is 21.5 Å². The van der Waals surface area contributed by atoms with Crippen molar-refractivity contribution in [3.05, 3.63) is 121 Å². The van der Waals surface area contributed by atoms with Gasteiger partial charge in [-0.1, -0.05) is 113 Å². The van der Waals surface area contributed by atoms with Gasteiger partial charge >= 0.3 is 0 Å². The van der Waals surface area contributed by atoms with Crippen LogP contribution in [0.1, 0.15) is 63.9 Å². The van der Waals surface area contributed by atoms with E-state index in [4.69, 9.17) is 8.83 Å². The number of hydrogen-bond donors (Lipinski definition) is 0. The maximum Gasteiger partial charge on any atom is 0.136 e. The van der Waals surface area contributed by atoms with Crippen LogP contribution in [0.2, 0.25) is 0 Å². The third kappa shape index (κ3) is 5.30. The number of hydrogen-bond acceptors (Lipinski definition) is 2. The summed E-state index contributed by atoms with van der Waals surface area (Å²) in [6.07, 6.45) is 12.0. The summed E-state index contributed by atoms with van der Waals surface area (Å²) >= 11 is 0. The molecule has 0 saturated heterocycles. The maximum absolute atomic E-state index is 6.52. The summed E-state index contributed by atoms with van der Waals surface area (Å²) < 4.78 is 13.0. The van der Waals surface area contributed by atoms with Gasteiger partial charge in [0.05, 0.1) is 0 Å². The van der Waals surface area contributed by atoms with Crippen molar-refractivity contribution in [3.8, 4) is 11.1 Å². The predicted molar refractivity (Wildman–Crippen MR) is 205 cm³/mol. The van der Waals surface area contributed by atoms with Crippen LogP contribution in [0.15, 0.2) is 124 Å². The fourth-order valence-corrected chi connectivity index (χ4v) is 7.76. The van der Waals surface area contributed by atoms with Gasteiger partial charge < -0.3 is 8.83 Å². The van der Waals surface area contributed by atoms with Crippen molar-refractivity contribution in [3.63, 3.8) is 0 Å². The molecule has 0 saturated carbocycles. The smallest absolute Gasteiger partial charge is 0.136 e. The van der Waals surface area contributed by atoms with Crippen LogP contribution in [0.5, 0.6) is 0 Å². The largest absolute Gasteiger partial charge is 0.456 e. The van der Waals surface area contributed by atoms with Crippen molar-refractivity contribution in [1.82, 2.24) is 0 Å². The van der Waals surface area contributed by atoms with E-state index in [-0.39, 0.29) is 0 Å². The van der Waals surface area contributed by atoms with E-state index < -0.39 is 0 Å². The molecule has 0 amide bonds. The minimum Gasteiger partial charge on any atom is -0.456 e. The lowest BCUT2D eigenvalue weighted by Gasteiger charge is -2.05. The van der Waals surface area contributed by atoms with Crippen LogP contribution in [-0.2, 0) is 6.42 Å². The molecule has 9 aromatic rings. The molecule has 0 bridgehead atoms. The third-order valence-corrected chi connectivity index (χ3v) is 10.4. The molecule has 9 rings (SSSR count). The number of unbranched alkanes of at least 4 members (excludes halogenated alkanes) is 7. The van der Waals surface area contributed by atoms with Crippen LogP contribution in [0.25, 0.3) is 87.3 Å². The van der Waals surface area contributed by atoms with Crippen LogP contribution >= 0.6 is 0 Å². The molecular formula is C46H40O2. The van der Waals surface area contributed by atoms with Crippen molar-refractivity contribution in [2.24, 2.45) is 0 Å². The van der Waals surface area contributed by atoms with Crippen molar-refractivity contribution in [1.29, 1.82) is 0 Å². The van der Waals surface area contributed by atoms with Crippen molar-refractivity contribution >= 4 is 76.2 Å². The second kappa shape index (κ2) is 12.2. The van der Waals surface area contributed by atoms with Crippen LogP contribution in [0.4, 0.5) is 0 Å². The molecule has 0 N–H and O–H groups in total. The van der Waals surface area contributed by atoms with Crippen molar-refractivity contribution in [2.75, 3.05) is 0 Å². The molecule has 236 valence electrons. The minimum absolute atomic E-state index is 0.915. The highest BCUT2D eigenvalue weighted by molar-refractivity contribution is 6.17. The zero-order valence-electron chi connectivity index (χ0n) is 27.7. The highest BCUT2D eigenvalue weighted by Crippen LogP contribution is 2.39. The summed E-state index contributed by atoms with van der Waals surface area (Å²) in [6, 6.07) is 42.1. The first kappa shape index (κ1) is 29.1. The van der Waals surface area contributed by atoms with E-state index in [1.54, 1.807) is 0 Å². The monoisotopic (exact) mass is 624 g/mol. The van der Waals surface area contributed by atoms with E-state index >= 15 is 0 Å². The molecule has 2 nitrogen and oxygen atoms in total. The quantitative estimate of drug-likeness (QED) is 0.142. The van der Waals surface area contributed by atoms with E-state index in [9.17, 15) is 0 Å². The first-order valence-corrected chi connectivity index (χ1v) is 17.9. The molecule has 0 radical (unpaired) electrons. The van der Waals surface area contributed by atoms with E-state index in [2.05, 4.69) is 122 Å². The first-order valence-electron chi connectivity index (χ1n) is 17.9. The van der Waals surface area contributed by atoms with E-state index in [0.717, 1.165) is 55.7 Å². The van der Waals surface area contributed by atoms with E-state index in [0.29, 0.717) is 0 Å².